The van der Waals surface area contributed by atoms with Gasteiger partial charge in [0.1, 0.15) is 5.82 Å². The van der Waals surface area contributed by atoms with E-state index < -0.39 is 0 Å². The molecule has 0 radical (unpaired) electrons. The van der Waals surface area contributed by atoms with E-state index in [0.29, 0.717) is 24.1 Å². The molecule has 1 aromatic rings. The molecule has 3 fully saturated rings. The summed E-state index contributed by atoms with van der Waals surface area (Å²) in [6.07, 6.45) is 9.71. The summed E-state index contributed by atoms with van der Waals surface area (Å²) < 4.78 is 2.11. The van der Waals surface area contributed by atoms with E-state index >= 15 is 0 Å². The van der Waals surface area contributed by atoms with E-state index in [1.807, 2.05) is 6.08 Å². The fourth-order valence-corrected chi connectivity index (χ4v) is 5.56. The van der Waals surface area contributed by atoms with Crippen LogP contribution < -0.4 is 5.32 Å². The van der Waals surface area contributed by atoms with Gasteiger partial charge in [-0.25, -0.2) is 0 Å². The molecule has 1 heterocycles. The number of aromatic nitrogens is 3. The quantitative estimate of drug-likeness (QED) is 0.570. The molecule has 0 aromatic carbocycles. The summed E-state index contributed by atoms with van der Waals surface area (Å²) in [5.41, 5.74) is 0. The highest BCUT2D eigenvalue weighted by atomic mass is 32.2. The topological polar surface area (TPSA) is 59.8 Å². The minimum atomic E-state index is 0.112. The average molecular weight is 361 g/mol. The van der Waals surface area contributed by atoms with Crippen LogP contribution in [0.15, 0.2) is 17.8 Å². The van der Waals surface area contributed by atoms with Crippen LogP contribution in [0.2, 0.25) is 0 Å². The number of nitrogens with zero attached hydrogens (tertiary/aromatic N) is 3. The minimum absolute atomic E-state index is 0.112. The molecule has 1 aromatic heterocycles. The monoisotopic (exact) mass is 360 g/mol. The van der Waals surface area contributed by atoms with Crippen LogP contribution in [-0.2, 0) is 11.3 Å². The minimum Gasteiger partial charge on any atom is -0.353 e. The number of fused-ring (bicyclic) bond motifs is 2. The van der Waals surface area contributed by atoms with E-state index in [1.165, 1.54) is 50.3 Å². The first kappa shape index (κ1) is 17.1. The summed E-state index contributed by atoms with van der Waals surface area (Å²) >= 11 is 1.49. The molecule has 0 spiro atoms. The molecule has 4 rings (SSSR count). The highest BCUT2D eigenvalue weighted by molar-refractivity contribution is 7.99. The molecule has 25 heavy (non-hydrogen) atoms. The van der Waals surface area contributed by atoms with Gasteiger partial charge in [0.25, 0.3) is 0 Å². The first-order valence-electron chi connectivity index (χ1n) is 9.61. The Kier molecular flexibility index (Phi) is 4.89. The third kappa shape index (κ3) is 3.64. The number of amides is 1. The lowest BCUT2D eigenvalue weighted by atomic mass is 9.84. The SMILES string of the molecule is C=CCn1c(SCC(=O)N[C@H](C)[C@H]2C[C@@H]3CC[C@@H]2C3)nnc1C1CC1. The van der Waals surface area contributed by atoms with Gasteiger partial charge >= 0.3 is 0 Å². The van der Waals surface area contributed by atoms with Crippen molar-refractivity contribution in [1.82, 2.24) is 20.1 Å². The van der Waals surface area contributed by atoms with Gasteiger partial charge in [0.05, 0.1) is 5.75 Å². The van der Waals surface area contributed by atoms with Crippen LogP contribution in [0.25, 0.3) is 0 Å². The van der Waals surface area contributed by atoms with Gasteiger partial charge in [-0.2, -0.15) is 0 Å². The highest BCUT2D eigenvalue weighted by Crippen LogP contribution is 2.49. The average Bonchev–Trinajstić information content (AvgIpc) is 3.04. The van der Waals surface area contributed by atoms with E-state index in [9.17, 15) is 4.79 Å². The smallest absolute Gasteiger partial charge is 0.230 e. The molecule has 4 atom stereocenters. The Morgan fingerprint density at radius 2 is 2.20 bits per heavy atom. The van der Waals surface area contributed by atoms with Gasteiger partial charge in [-0.3, -0.25) is 4.79 Å². The standard InChI is InChI=1S/C19H28N4OS/c1-3-8-23-18(14-6-7-14)21-22-19(23)25-11-17(24)20-12(2)16-10-13-4-5-15(16)9-13/h3,12-16H,1,4-11H2,2H3,(H,20,24)/t12-,13-,15-,16-/m1/s1. The molecule has 0 aliphatic heterocycles. The van der Waals surface area contributed by atoms with Crippen molar-refractivity contribution >= 4 is 17.7 Å². The number of carbonyl (C=O) groups excluding carboxylic acids is 1. The normalized spacial score (nSPS) is 28.9. The molecule has 1 amide bonds. The van der Waals surface area contributed by atoms with Crippen molar-refractivity contribution in [3.63, 3.8) is 0 Å². The summed E-state index contributed by atoms with van der Waals surface area (Å²) in [5.74, 6) is 4.56. The molecule has 0 unspecified atom stereocenters. The van der Waals surface area contributed by atoms with Crippen molar-refractivity contribution in [2.75, 3.05) is 5.75 Å². The Labute approximate surface area is 154 Å². The number of hydrogen-bond donors (Lipinski definition) is 1. The Hall–Kier alpha value is -1.30. The maximum atomic E-state index is 12.4. The molecular formula is C19H28N4OS. The largest absolute Gasteiger partial charge is 0.353 e. The summed E-state index contributed by atoms with van der Waals surface area (Å²) in [6.45, 7) is 6.72. The van der Waals surface area contributed by atoms with Crippen molar-refractivity contribution in [3.05, 3.63) is 18.5 Å². The van der Waals surface area contributed by atoms with Gasteiger partial charge < -0.3 is 9.88 Å². The Morgan fingerprint density at radius 1 is 1.36 bits per heavy atom. The Balaban J connectivity index is 1.30. The van der Waals surface area contributed by atoms with Crippen LogP contribution in [0.5, 0.6) is 0 Å². The molecule has 136 valence electrons. The van der Waals surface area contributed by atoms with Gasteiger partial charge in [0, 0.05) is 18.5 Å². The van der Waals surface area contributed by atoms with Gasteiger partial charge in [-0.15, -0.1) is 16.8 Å². The van der Waals surface area contributed by atoms with Crippen LogP contribution in [0.3, 0.4) is 0 Å². The second kappa shape index (κ2) is 7.14. The number of hydrogen-bond acceptors (Lipinski definition) is 4. The highest BCUT2D eigenvalue weighted by Gasteiger charge is 2.42. The lowest BCUT2D eigenvalue weighted by Crippen LogP contribution is -2.40. The summed E-state index contributed by atoms with van der Waals surface area (Å²) in [7, 11) is 0. The van der Waals surface area contributed by atoms with E-state index in [2.05, 4.69) is 33.6 Å². The van der Waals surface area contributed by atoms with Gasteiger partial charge in [-0.05, 0) is 56.8 Å². The second-order valence-electron chi connectivity index (χ2n) is 8.00. The third-order valence-corrected chi connectivity index (χ3v) is 7.12. The number of allylic oxidation sites excluding steroid dienone is 1. The number of thioether (sulfide) groups is 1. The first-order chi connectivity index (χ1) is 12.2. The van der Waals surface area contributed by atoms with Crippen LogP contribution in [0.4, 0.5) is 0 Å². The van der Waals surface area contributed by atoms with Gasteiger partial charge in [0.15, 0.2) is 5.16 Å². The van der Waals surface area contributed by atoms with Crippen molar-refractivity contribution in [2.45, 2.75) is 69.1 Å². The molecule has 3 aliphatic rings. The van der Waals surface area contributed by atoms with Crippen LogP contribution in [-0.4, -0.2) is 32.5 Å². The lowest BCUT2D eigenvalue weighted by Gasteiger charge is -2.28. The molecule has 6 heteroatoms. The zero-order valence-electron chi connectivity index (χ0n) is 15.0. The maximum Gasteiger partial charge on any atom is 0.230 e. The Bertz CT molecular complexity index is 654. The second-order valence-corrected chi connectivity index (χ2v) is 8.94. The summed E-state index contributed by atoms with van der Waals surface area (Å²) in [5, 5.41) is 12.7. The van der Waals surface area contributed by atoms with E-state index in [4.69, 9.17) is 0 Å². The van der Waals surface area contributed by atoms with Crippen LogP contribution in [0.1, 0.15) is 57.2 Å². The van der Waals surface area contributed by atoms with Crippen molar-refractivity contribution in [2.24, 2.45) is 17.8 Å². The molecule has 2 bridgehead atoms. The molecule has 1 N–H and O–H groups in total. The van der Waals surface area contributed by atoms with Crippen LogP contribution >= 0.6 is 11.8 Å². The van der Waals surface area contributed by atoms with E-state index in [-0.39, 0.29) is 11.9 Å². The van der Waals surface area contributed by atoms with E-state index in [1.54, 1.807) is 0 Å². The molecule has 3 aliphatic carbocycles. The molecular weight excluding hydrogens is 332 g/mol. The maximum absolute atomic E-state index is 12.4. The Morgan fingerprint density at radius 3 is 2.84 bits per heavy atom. The number of carbonyl (C=O) groups is 1. The summed E-state index contributed by atoms with van der Waals surface area (Å²) in [4.78, 5) is 12.4. The van der Waals surface area contributed by atoms with Gasteiger partial charge in [0.2, 0.25) is 5.91 Å². The van der Waals surface area contributed by atoms with Crippen molar-refractivity contribution < 1.29 is 4.79 Å². The summed E-state index contributed by atoms with van der Waals surface area (Å²) in [6, 6.07) is 0.288. The van der Waals surface area contributed by atoms with Crippen LogP contribution in [0, 0.1) is 17.8 Å². The fourth-order valence-electron chi connectivity index (χ4n) is 4.79. The number of nitrogens with one attached hydrogen (secondary N) is 1. The third-order valence-electron chi connectivity index (χ3n) is 6.16. The zero-order chi connectivity index (χ0) is 17.4. The van der Waals surface area contributed by atoms with Crippen molar-refractivity contribution in [1.29, 1.82) is 0 Å². The fraction of sp³-hybridized carbons (Fsp3) is 0.737. The van der Waals surface area contributed by atoms with Gasteiger partial charge in [-0.1, -0.05) is 24.3 Å². The molecule has 0 saturated heterocycles. The molecule has 5 nitrogen and oxygen atoms in total. The predicted octanol–water partition coefficient (Wildman–Crippen LogP) is 3.37. The lowest BCUT2D eigenvalue weighted by molar-refractivity contribution is -0.119. The molecule has 3 saturated carbocycles. The number of rotatable bonds is 8. The van der Waals surface area contributed by atoms with Crippen molar-refractivity contribution in [3.8, 4) is 0 Å². The zero-order valence-corrected chi connectivity index (χ0v) is 15.8. The first-order valence-corrected chi connectivity index (χ1v) is 10.6. The van der Waals surface area contributed by atoms with E-state index in [0.717, 1.165) is 22.8 Å². The predicted molar refractivity (Wildman–Crippen MR) is 99.5 cm³/mol.